The predicted molar refractivity (Wildman–Crippen MR) is 90.2 cm³/mol. The maximum absolute atomic E-state index is 12.7. The third-order valence-corrected chi connectivity index (χ3v) is 3.32. The van der Waals surface area contributed by atoms with Crippen molar-refractivity contribution < 1.29 is 27.4 Å². The quantitative estimate of drug-likeness (QED) is 0.738. The number of carbonyl (C=O) groups excluding carboxylic acids is 1. The minimum atomic E-state index is -4.45. The van der Waals surface area contributed by atoms with Crippen LogP contribution in [-0.4, -0.2) is 19.6 Å². The van der Waals surface area contributed by atoms with Gasteiger partial charge in [0, 0.05) is 0 Å². The molecule has 138 valence electrons. The Labute approximate surface area is 148 Å². The molecule has 2 aromatic carbocycles. The summed E-state index contributed by atoms with van der Waals surface area (Å²) in [6.07, 6.45) is -4.45. The Morgan fingerprint density at radius 1 is 1.08 bits per heavy atom. The second-order valence-corrected chi connectivity index (χ2v) is 5.19. The van der Waals surface area contributed by atoms with Gasteiger partial charge in [-0.25, -0.2) is 0 Å². The van der Waals surface area contributed by atoms with Gasteiger partial charge in [0.25, 0.3) is 5.91 Å². The average Bonchev–Trinajstić information content (AvgIpc) is 2.64. The lowest BCUT2D eigenvalue weighted by Gasteiger charge is -2.13. The van der Waals surface area contributed by atoms with Crippen molar-refractivity contribution in [3.8, 4) is 11.5 Å². The molecule has 0 radical (unpaired) electrons. The largest absolute Gasteiger partial charge is 0.497 e. The lowest BCUT2D eigenvalue weighted by Crippen LogP contribution is -2.39. The Bertz CT molecular complexity index is 774. The van der Waals surface area contributed by atoms with Gasteiger partial charge in [0.2, 0.25) is 0 Å². The minimum absolute atomic E-state index is 0.119. The van der Waals surface area contributed by atoms with Crippen LogP contribution in [0.4, 0.5) is 13.2 Å². The van der Waals surface area contributed by atoms with Crippen molar-refractivity contribution >= 4 is 11.6 Å². The summed E-state index contributed by atoms with van der Waals surface area (Å²) in [6.45, 7) is 3.33. The molecule has 0 saturated carbocycles. The van der Waals surface area contributed by atoms with Crippen molar-refractivity contribution in [3.63, 3.8) is 0 Å². The number of ether oxygens (including phenoxy) is 2. The van der Waals surface area contributed by atoms with Crippen molar-refractivity contribution in [3.05, 3.63) is 66.2 Å². The monoisotopic (exact) mass is 366 g/mol. The van der Waals surface area contributed by atoms with E-state index < -0.39 is 17.6 Å². The molecular formula is C18H17F3N2O3. The summed E-state index contributed by atoms with van der Waals surface area (Å²) in [7, 11) is 1.53. The van der Waals surface area contributed by atoms with Gasteiger partial charge in [-0.05, 0) is 42.0 Å². The Hall–Kier alpha value is -3.16. The number of rotatable bonds is 7. The number of hydrogen-bond donors (Lipinski definition) is 2. The number of alkyl halides is 3. The van der Waals surface area contributed by atoms with Crippen LogP contribution in [0.25, 0.3) is 5.70 Å². The smallest absolute Gasteiger partial charge is 0.416 e. The number of halogens is 3. The predicted octanol–water partition coefficient (Wildman–Crippen LogP) is 3.38. The first-order valence-corrected chi connectivity index (χ1v) is 7.48. The lowest BCUT2D eigenvalue weighted by molar-refractivity contribution is -0.137. The molecule has 0 heterocycles. The highest BCUT2D eigenvalue weighted by Gasteiger charge is 2.30. The van der Waals surface area contributed by atoms with E-state index in [1.54, 1.807) is 24.3 Å². The fraction of sp³-hybridized carbons (Fsp3) is 0.167. The van der Waals surface area contributed by atoms with Gasteiger partial charge < -0.3 is 9.47 Å². The Morgan fingerprint density at radius 2 is 1.73 bits per heavy atom. The molecule has 0 saturated heterocycles. The van der Waals surface area contributed by atoms with Gasteiger partial charge in [0.15, 0.2) is 6.61 Å². The summed E-state index contributed by atoms with van der Waals surface area (Å²) in [5, 5.41) is 0. The molecule has 0 aliphatic rings. The molecule has 5 nitrogen and oxygen atoms in total. The molecule has 2 rings (SSSR count). The van der Waals surface area contributed by atoms with Crippen LogP contribution < -0.4 is 20.3 Å². The lowest BCUT2D eigenvalue weighted by atomic mass is 10.1. The second kappa shape index (κ2) is 8.28. The second-order valence-electron chi connectivity index (χ2n) is 5.19. The number of amides is 1. The van der Waals surface area contributed by atoms with Crippen molar-refractivity contribution in [2.24, 2.45) is 0 Å². The highest BCUT2D eigenvalue weighted by molar-refractivity contribution is 5.78. The van der Waals surface area contributed by atoms with Crippen LogP contribution in [-0.2, 0) is 11.0 Å². The van der Waals surface area contributed by atoms with Crippen molar-refractivity contribution in [1.29, 1.82) is 0 Å². The number of carbonyl (C=O) groups is 1. The first-order valence-electron chi connectivity index (χ1n) is 7.48. The van der Waals surface area contributed by atoms with Crippen molar-refractivity contribution in [2.45, 2.75) is 6.18 Å². The van der Waals surface area contributed by atoms with E-state index >= 15 is 0 Å². The van der Waals surface area contributed by atoms with E-state index in [-0.39, 0.29) is 17.9 Å². The highest BCUT2D eigenvalue weighted by Crippen LogP contribution is 2.30. The molecule has 8 heteroatoms. The van der Waals surface area contributed by atoms with E-state index in [1.165, 1.54) is 19.2 Å². The third-order valence-electron chi connectivity index (χ3n) is 3.32. The zero-order chi connectivity index (χ0) is 19.2. The average molecular weight is 366 g/mol. The molecule has 0 unspecified atom stereocenters. The molecular weight excluding hydrogens is 349 g/mol. The molecule has 26 heavy (non-hydrogen) atoms. The number of hydrazine groups is 1. The van der Waals surface area contributed by atoms with Crippen LogP contribution in [0, 0.1) is 0 Å². The van der Waals surface area contributed by atoms with E-state index in [0.717, 1.165) is 12.1 Å². The summed E-state index contributed by atoms with van der Waals surface area (Å²) in [5.41, 5.74) is 4.31. The summed E-state index contributed by atoms with van der Waals surface area (Å²) < 4.78 is 48.4. The summed E-state index contributed by atoms with van der Waals surface area (Å²) >= 11 is 0. The van der Waals surface area contributed by atoms with Gasteiger partial charge in [-0.1, -0.05) is 18.7 Å². The highest BCUT2D eigenvalue weighted by atomic mass is 19.4. The van der Waals surface area contributed by atoms with Gasteiger partial charge in [-0.15, -0.1) is 0 Å². The molecule has 0 fully saturated rings. The van der Waals surface area contributed by atoms with Gasteiger partial charge in [-0.3, -0.25) is 15.6 Å². The van der Waals surface area contributed by atoms with E-state index in [0.29, 0.717) is 11.5 Å². The zero-order valence-corrected chi connectivity index (χ0v) is 13.9. The molecule has 0 aromatic heterocycles. The standard InChI is InChI=1S/C18H17F3N2O3/c1-12(13-4-3-5-14(10-13)18(19,20)21)22-23-17(24)11-26-16-8-6-15(25-2)7-9-16/h3-10,22H,1,11H2,2H3,(H,23,24). The molecule has 2 aromatic rings. The SMILES string of the molecule is C=C(NNC(=O)COc1ccc(OC)cc1)c1cccc(C(F)(F)F)c1. The molecule has 1 amide bonds. The van der Waals surface area contributed by atoms with Crippen LogP contribution in [0.1, 0.15) is 11.1 Å². The Kier molecular flexibility index (Phi) is 6.11. The summed E-state index contributed by atoms with van der Waals surface area (Å²) in [5.74, 6) is 0.604. The maximum atomic E-state index is 12.7. The van der Waals surface area contributed by atoms with Gasteiger partial charge in [-0.2, -0.15) is 13.2 Å². The van der Waals surface area contributed by atoms with Gasteiger partial charge >= 0.3 is 6.18 Å². The van der Waals surface area contributed by atoms with E-state index in [9.17, 15) is 18.0 Å². The zero-order valence-electron chi connectivity index (χ0n) is 13.9. The number of nitrogens with one attached hydrogen (secondary N) is 2. The Morgan fingerprint density at radius 3 is 2.35 bits per heavy atom. The normalized spacial score (nSPS) is 10.8. The summed E-state index contributed by atoms with van der Waals surface area (Å²) in [6, 6.07) is 11.3. The van der Waals surface area contributed by atoms with Crippen LogP contribution in [0.5, 0.6) is 11.5 Å². The Balaban J connectivity index is 1.84. The fourth-order valence-corrected chi connectivity index (χ4v) is 1.96. The summed E-state index contributed by atoms with van der Waals surface area (Å²) in [4.78, 5) is 11.8. The number of hydrogen-bond acceptors (Lipinski definition) is 4. The van der Waals surface area contributed by atoms with Crippen molar-refractivity contribution in [2.75, 3.05) is 13.7 Å². The van der Waals surface area contributed by atoms with E-state index in [4.69, 9.17) is 9.47 Å². The molecule has 0 aliphatic heterocycles. The van der Waals surface area contributed by atoms with E-state index in [2.05, 4.69) is 17.4 Å². The molecule has 0 aliphatic carbocycles. The molecule has 0 bridgehead atoms. The number of benzene rings is 2. The first-order chi connectivity index (χ1) is 12.3. The van der Waals surface area contributed by atoms with Crippen LogP contribution in [0.15, 0.2) is 55.1 Å². The van der Waals surface area contributed by atoms with Gasteiger partial charge in [0.05, 0.1) is 18.4 Å². The van der Waals surface area contributed by atoms with Gasteiger partial charge in [0.1, 0.15) is 11.5 Å². The first kappa shape index (κ1) is 19.2. The third kappa shape index (κ3) is 5.44. The maximum Gasteiger partial charge on any atom is 0.416 e. The van der Waals surface area contributed by atoms with E-state index in [1.807, 2.05) is 0 Å². The minimum Gasteiger partial charge on any atom is -0.497 e. The molecule has 0 atom stereocenters. The van der Waals surface area contributed by atoms with Crippen LogP contribution in [0.2, 0.25) is 0 Å². The molecule has 0 spiro atoms. The van der Waals surface area contributed by atoms with Crippen LogP contribution in [0.3, 0.4) is 0 Å². The topological polar surface area (TPSA) is 59.6 Å². The van der Waals surface area contributed by atoms with Crippen LogP contribution >= 0.6 is 0 Å². The van der Waals surface area contributed by atoms with Crippen molar-refractivity contribution in [1.82, 2.24) is 10.9 Å². The number of methoxy groups -OCH3 is 1. The molecule has 2 N–H and O–H groups in total. The fourth-order valence-electron chi connectivity index (χ4n) is 1.96.